The van der Waals surface area contributed by atoms with Gasteiger partial charge in [-0.25, -0.2) is 19.3 Å². The van der Waals surface area contributed by atoms with E-state index < -0.39 is 90.7 Å². The van der Waals surface area contributed by atoms with E-state index in [2.05, 4.69) is 50.4 Å². The van der Waals surface area contributed by atoms with Gasteiger partial charge < -0.3 is 74.1 Å². The fourth-order valence-electron chi connectivity index (χ4n) is 6.65. The fourth-order valence-corrected chi connectivity index (χ4v) is 10.1. The Morgan fingerprint density at radius 2 is 1.52 bits per heavy atom. The van der Waals surface area contributed by atoms with E-state index in [1.54, 1.807) is 0 Å². The van der Waals surface area contributed by atoms with Crippen LogP contribution in [0.3, 0.4) is 0 Å². The smallest absolute Gasteiger partial charge is 0.274 e. The largest absolute Gasteiger partial charge is 0.790 e. The summed E-state index contributed by atoms with van der Waals surface area (Å²) in [5, 5.41) is 36.1. The highest BCUT2D eigenvalue weighted by molar-refractivity contribution is 8.13. The number of ether oxygens (including phenoxy) is 1. The number of nitrogen functional groups attached to an aromatic ring is 1. The summed E-state index contributed by atoms with van der Waals surface area (Å²) in [6.45, 7) is 2.17. The number of aliphatic hydroxyl groups is 3. The van der Waals surface area contributed by atoms with Crippen LogP contribution in [0.1, 0.15) is 117 Å². The van der Waals surface area contributed by atoms with Gasteiger partial charge in [-0.05, 0) is 6.42 Å². The summed E-state index contributed by atoms with van der Waals surface area (Å²) in [5.74, 6) is -1.39. The first-order valence-electron chi connectivity index (χ1n) is 21.6. The standard InChI is InChI=1S/C37H66N7O18P3S/c1-4-5-6-7-8-9-10-11-12-13-14-15-16-25(45)36(50)66-20-19-39-27(46)17-18-40-34(49)31(48)37(2,3)22-59-65(56,57)62-64(54,55)58-21-26-30(61-63(51,52)53)29(47)35(60-26)44-24-43-28-32(38)41-23-42-33(28)44/h23-26,29-31,35,45,47-48H,4-22H2,1-3H3,(H,39,46)(H,40,49)(H,54,55)(H,56,57)(H2,38,41,42)(H2,51,52,53)/p-4/t25?,26-,29-,30-,31+,35-/m1/s1. The minimum Gasteiger partial charge on any atom is -0.790 e. The number of phosphoric ester groups is 3. The van der Waals surface area contributed by atoms with Gasteiger partial charge in [-0.3, -0.25) is 28.1 Å². The molecule has 2 aromatic rings. The number of carbonyl (C=O) groups is 3. The number of unbranched alkanes of at least 4 members (excludes halogenated alkanes) is 11. The predicted octanol–water partition coefficient (Wildman–Crippen LogP) is 0.589. The SMILES string of the molecule is CCCCCCCCCCCCCCC(O)C(=O)SCCNC(=O)CCNC(=O)[C@H](O)C(C)(C)COP(=O)([O-])OP(=O)([O-])OC[C@H]1O[C@@H](n2cnc3c(N)ncnc32)[C@H](O)[C@@H]1OP(=O)([O-])[O-]. The molecule has 0 bridgehead atoms. The number of fused-ring (bicyclic) bond motifs is 1. The topological polar surface area (TPSA) is 395 Å². The molecule has 29 heteroatoms. The van der Waals surface area contributed by atoms with Crippen molar-refractivity contribution >= 4 is 69.1 Å². The lowest BCUT2D eigenvalue weighted by Gasteiger charge is -2.36. The molecule has 7 N–H and O–H groups in total. The Bertz CT molecular complexity index is 2000. The maximum absolute atomic E-state index is 12.6. The van der Waals surface area contributed by atoms with Crippen molar-refractivity contribution < 1.29 is 85.6 Å². The number of aromatic nitrogens is 4. The van der Waals surface area contributed by atoms with Crippen LogP contribution in [0.25, 0.3) is 11.2 Å². The average molecular weight is 1020 g/mol. The van der Waals surface area contributed by atoms with Crippen LogP contribution in [0.5, 0.6) is 0 Å². The zero-order valence-corrected chi connectivity index (χ0v) is 40.6. The summed E-state index contributed by atoms with van der Waals surface area (Å²) < 4.78 is 60.7. The Morgan fingerprint density at radius 1 is 0.909 bits per heavy atom. The Balaban J connectivity index is 1.34. The van der Waals surface area contributed by atoms with E-state index in [1.165, 1.54) is 65.2 Å². The van der Waals surface area contributed by atoms with Crippen LogP contribution in [-0.4, -0.2) is 114 Å². The minimum absolute atomic E-state index is 0.0242. The van der Waals surface area contributed by atoms with E-state index in [0.717, 1.165) is 54.7 Å². The van der Waals surface area contributed by atoms with Crippen LogP contribution in [0.15, 0.2) is 12.7 Å². The lowest BCUT2D eigenvalue weighted by molar-refractivity contribution is -0.347. The monoisotopic (exact) mass is 1020 g/mol. The Kier molecular flexibility index (Phi) is 24.2. The van der Waals surface area contributed by atoms with E-state index >= 15 is 0 Å². The number of carbonyl (C=O) groups excluding carboxylic acids is 3. The number of hydrogen-bond acceptors (Lipinski definition) is 23. The zero-order valence-electron chi connectivity index (χ0n) is 37.1. The first-order valence-corrected chi connectivity index (χ1v) is 27.0. The van der Waals surface area contributed by atoms with Gasteiger partial charge in [0.25, 0.3) is 15.6 Å². The van der Waals surface area contributed by atoms with Crippen molar-refractivity contribution in [1.82, 2.24) is 30.2 Å². The highest BCUT2D eigenvalue weighted by Gasteiger charge is 2.47. The van der Waals surface area contributed by atoms with Crippen LogP contribution in [0.4, 0.5) is 5.82 Å². The molecular weight excluding hydrogens is 955 g/mol. The van der Waals surface area contributed by atoms with Gasteiger partial charge in [0.2, 0.25) is 16.9 Å². The number of aliphatic hydroxyl groups excluding tert-OH is 3. The number of nitrogens with zero attached hydrogens (tertiary/aromatic N) is 4. The summed E-state index contributed by atoms with van der Waals surface area (Å²) in [6, 6.07) is 0. The summed E-state index contributed by atoms with van der Waals surface area (Å²) in [5.41, 5.74) is 4.06. The van der Waals surface area contributed by atoms with Gasteiger partial charge in [0, 0.05) is 30.7 Å². The van der Waals surface area contributed by atoms with Crippen molar-refractivity contribution in [3.8, 4) is 0 Å². The van der Waals surface area contributed by atoms with Gasteiger partial charge in [0.15, 0.2) is 17.7 Å². The first kappa shape index (κ1) is 57.8. The molecule has 0 saturated carbocycles. The second-order valence-electron chi connectivity index (χ2n) is 16.3. The van der Waals surface area contributed by atoms with E-state index in [-0.39, 0.29) is 47.4 Å². The van der Waals surface area contributed by atoms with E-state index in [1.807, 2.05) is 0 Å². The molecule has 1 saturated heterocycles. The highest BCUT2D eigenvalue weighted by atomic mass is 32.2. The molecule has 378 valence electrons. The average Bonchev–Trinajstić information content (AvgIpc) is 3.80. The Morgan fingerprint density at radius 3 is 2.14 bits per heavy atom. The molecule has 66 heavy (non-hydrogen) atoms. The molecule has 0 aliphatic carbocycles. The molecule has 1 aliphatic heterocycles. The lowest BCUT2D eigenvalue weighted by Crippen LogP contribution is -2.46. The van der Waals surface area contributed by atoms with E-state index in [4.69, 9.17) is 10.5 Å². The molecular formula is C37H62N7O18P3S-4. The quantitative estimate of drug-likeness (QED) is 0.0421. The zero-order chi connectivity index (χ0) is 49.1. The molecule has 2 aromatic heterocycles. The molecule has 2 amide bonds. The Labute approximate surface area is 387 Å². The number of amides is 2. The van der Waals surface area contributed by atoms with Crippen molar-refractivity contribution in [2.45, 2.75) is 147 Å². The van der Waals surface area contributed by atoms with Gasteiger partial charge in [-0.15, -0.1) is 0 Å². The number of nitrogens with one attached hydrogen (secondary N) is 2. The second kappa shape index (κ2) is 27.6. The third-order valence-electron chi connectivity index (χ3n) is 10.3. The maximum atomic E-state index is 12.6. The number of hydrogen-bond donors (Lipinski definition) is 6. The molecule has 1 fully saturated rings. The summed E-state index contributed by atoms with van der Waals surface area (Å²) in [4.78, 5) is 96.8. The molecule has 3 unspecified atom stereocenters. The highest BCUT2D eigenvalue weighted by Crippen LogP contribution is 2.56. The van der Waals surface area contributed by atoms with Crippen molar-refractivity contribution in [1.29, 1.82) is 0 Å². The fraction of sp³-hybridized carbons (Fsp3) is 0.784. The van der Waals surface area contributed by atoms with E-state index in [9.17, 15) is 63.0 Å². The second-order valence-corrected chi connectivity index (χ2v) is 21.5. The van der Waals surface area contributed by atoms with Gasteiger partial charge in [-0.2, -0.15) is 0 Å². The minimum atomic E-state index is -5.93. The number of phosphoric acid groups is 3. The van der Waals surface area contributed by atoms with Crippen LogP contribution in [0, 0.1) is 5.41 Å². The number of rotatable bonds is 33. The maximum Gasteiger partial charge on any atom is 0.274 e. The van der Waals surface area contributed by atoms with Gasteiger partial charge in [0.1, 0.15) is 42.4 Å². The van der Waals surface area contributed by atoms with Crippen molar-refractivity contribution in [3.63, 3.8) is 0 Å². The van der Waals surface area contributed by atoms with Crippen molar-refractivity contribution in [2.75, 3.05) is 37.8 Å². The van der Waals surface area contributed by atoms with E-state index in [0.29, 0.717) is 6.42 Å². The van der Waals surface area contributed by atoms with Crippen LogP contribution >= 0.6 is 35.2 Å². The van der Waals surface area contributed by atoms with Crippen LogP contribution in [0.2, 0.25) is 0 Å². The molecule has 0 radical (unpaired) electrons. The third-order valence-corrected chi connectivity index (χ3v) is 14.3. The summed E-state index contributed by atoms with van der Waals surface area (Å²) >= 11 is 0.901. The van der Waals surface area contributed by atoms with Gasteiger partial charge in [0.05, 0.1) is 27.4 Å². The van der Waals surface area contributed by atoms with Crippen LogP contribution < -0.4 is 35.9 Å². The van der Waals surface area contributed by atoms with Crippen LogP contribution in [-0.2, 0) is 50.7 Å². The summed E-state index contributed by atoms with van der Waals surface area (Å²) in [6.07, 6.45) is 5.70. The Hall–Kier alpha value is -2.48. The van der Waals surface area contributed by atoms with Crippen molar-refractivity contribution in [3.05, 3.63) is 12.7 Å². The molecule has 0 aromatic carbocycles. The molecule has 3 heterocycles. The number of imidazole rings is 1. The predicted molar refractivity (Wildman–Crippen MR) is 230 cm³/mol. The van der Waals surface area contributed by atoms with Gasteiger partial charge in [-0.1, -0.05) is 110 Å². The first-order chi connectivity index (χ1) is 31.0. The van der Waals surface area contributed by atoms with Crippen molar-refractivity contribution in [2.24, 2.45) is 5.41 Å². The lowest BCUT2D eigenvalue weighted by atomic mass is 9.87. The molecule has 0 spiro atoms. The van der Waals surface area contributed by atoms with Gasteiger partial charge >= 0.3 is 0 Å². The molecule has 3 rings (SSSR count). The summed E-state index contributed by atoms with van der Waals surface area (Å²) in [7, 11) is -17.6. The molecule has 8 atom stereocenters. The number of thioether (sulfide) groups is 1. The molecule has 25 nitrogen and oxygen atoms in total. The third kappa shape index (κ3) is 20.2. The number of anilines is 1. The normalized spacial score (nSPS) is 20.7. The number of nitrogens with two attached hydrogens (primary N) is 1. The molecule has 1 aliphatic rings.